The maximum Gasteiger partial charge on any atom is 0.257 e. The van der Waals surface area contributed by atoms with Gasteiger partial charge in [-0.15, -0.1) is 0 Å². The molecule has 0 aromatic carbocycles. The van der Waals surface area contributed by atoms with E-state index in [0.29, 0.717) is 23.8 Å². The van der Waals surface area contributed by atoms with Gasteiger partial charge in [0.2, 0.25) is 11.9 Å². The van der Waals surface area contributed by atoms with Crippen molar-refractivity contribution in [2.45, 2.75) is 19.8 Å². The van der Waals surface area contributed by atoms with E-state index in [1.807, 2.05) is 6.07 Å². The van der Waals surface area contributed by atoms with Gasteiger partial charge in [0.15, 0.2) is 0 Å². The largest absolute Gasteiger partial charge is 0.354 e. The summed E-state index contributed by atoms with van der Waals surface area (Å²) in [7, 11) is 0. The molecular formula is C12H18N8. The van der Waals surface area contributed by atoms with Crippen molar-refractivity contribution in [1.82, 2.24) is 24.7 Å². The minimum Gasteiger partial charge on any atom is -0.354 e. The van der Waals surface area contributed by atoms with Crippen molar-refractivity contribution in [3.63, 3.8) is 0 Å². The van der Waals surface area contributed by atoms with Gasteiger partial charge < -0.3 is 5.32 Å². The van der Waals surface area contributed by atoms with Crippen LogP contribution in [-0.2, 0) is 0 Å². The van der Waals surface area contributed by atoms with Crippen LogP contribution in [0.25, 0.3) is 5.95 Å². The molecule has 0 bridgehead atoms. The molecule has 1 unspecified atom stereocenters. The first-order valence-corrected chi connectivity index (χ1v) is 6.73. The highest BCUT2D eigenvalue weighted by molar-refractivity contribution is 5.36. The Morgan fingerprint density at radius 1 is 1.35 bits per heavy atom. The van der Waals surface area contributed by atoms with Crippen molar-refractivity contribution < 1.29 is 0 Å². The van der Waals surface area contributed by atoms with E-state index in [9.17, 15) is 0 Å². The van der Waals surface area contributed by atoms with Gasteiger partial charge in [-0.3, -0.25) is 5.43 Å². The quantitative estimate of drug-likeness (QED) is 0.528. The second kappa shape index (κ2) is 5.41. The SMILES string of the molecule is CC(CNc1nc(NN)nc(-n2cccn2)n1)C1CC1. The average molecular weight is 274 g/mol. The molecule has 8 nitrogen and oxygen atoms in total. The Balaban J connectivity index is 1.77. The van der Waals surface area contributed by atoms with Crippen molar-refractivity contribution in [2.24, 2.45) is 17.7 Å². The molecule has 8 heteroatoms. The van der Waals surface area contributed by atoms with E-state index in [0.717, 1.165) is 12.5 Å². The Morgan fingerprint density at radius 2 is 2.15 bits per heavy atom. The average Bonchev–Trinajstić information content (AvgIpc) is 3.19. The minimum absolute atomic E-state index is 0.312. The zero-order valence-electron chi connectivity index (χ0n) is 11.3. The van der Waals surface area contributed by atoms with E-state index in [4.69, 9.17) is 5.84 Å². The van der Waals surface area contributed by atoms with Crippen LogP contribution in [0.4, 0.5) is 11.9 Å². The summed E-state index contributed by atoms with van der Waals surface area (Å²) >= 11 is 0. The molecule has 0 radical (unpaired) electrons. The second-order valence-corrected chi connectivity index (χ2v) is 5.07. The van der Waals surface area contributed by atoms with Crippen molar-refractivity contribution in [2.75, 3.05) is 17.3 Å². The highest BCUT2D eigenvalue weighted by Gasteiger charge is 2.27. The number of hydrogen-bond donors (Lipinski definition) is 3. The van der Waals surface area contributed by atoms with Crippen LogP contribution < -0.4 is 16.6 Å². The third kappa shape index (κ3) is 2.85. The van der Waals surface area contributed by atoms with Crippen LogP contribution in [0.1, 0.15) is 19.8 Å². The van der Waals surface area contributed by atoms with E-state index in [-0.39, 0.29) is 0 Å². The van der Waals surface area contributed by atoms with Crippen molar-refractivity contribution in [1.29, 1.82) is 0 Å². The van der Waals surface area contributed by atoms with E-state index in [1.54, 1.807) is 17.1 Å². The zero-order valence-corrected chi connectivity index (χ0v) is 11.3. The molecule has 2 aromatic heterocycles. The van der Waals surface area contributed by atoms with Crippen LogP contribution in [0, 0.1) is 11.8 Å². The van der Waals surface area contributed by atoms with Crippen LogP contribution in [-0.4, -0.2) is 31.3 Å². The number of rotatable bonds is 6. The third-order valence-electron chi connectivity index (χ3n) is 3.47. The highest BCUT2D eigenvalue weighted by Crippen LogP contribution is 2.36. The number of nitrogens with two attached hydrogens (primary N) is 1. The molecule has 0 aliphatic heterocycles. The molecule has 0 saturated heterocycles. The van der Waals surface area contributed by atoms with Gasteiger partial charge in [-0.25, -0.2) is 10.5 Å². The van der Waals surface area contributed by atoms with Crippen LogP contribution >= 0.6 is 0 Å². The van der Waals surface area contributed by atoms with Crippen LogP contribution in [0.15, 0.2) is 18.5 Å². The van der Waals surface area contributed by atoms with Gasteiger partial charge in [0.1, 0.15) is 0 Å². The summed E-state index contributed by atoms with van der Waals surface area (Å²) in [5, 5.41) is 7.35. The number of aromatic nitrogens is 5. The van der Waals surface area contributed by atoms with Gasteiger partial charge in [0, 0.05) is 18.9 Å². The van der Waals surface area contributed by atoms with Crippen molar-refractivity contribution >= 4 is 11.9 Å². The fourth-order valence-corrected chi connectivity index (χ4v) is 2.08. The molecule has 1 aliphatic carbocycles. The molecule has 1 fully saturated rings. The Morgan fingerprint density at radius 3 is 2.80 bits per heavy atom. The van der Waals surface area contributed by atoms with Gasteiger partial charge in [-0.05, 0) is 30.7 Å². The summed E-state index contributed by atoms with van der Waals surface area (Å²) in [6.45, 7) is 3.08. The molecule has 106 valence electrons. The summed E-state index contributed by atoms with van der Waals surface area (Å²) in [5.41, 5.74) is 2.45. The summed E-state index contributed by atoms with van der Waals surface area (Å²) in [5.74, 6) is 8.10. The van der Waals surface area contributed by atoms with E-state index < -0.39 is 0 Å². The summed E-state index contributed by atoms with van der Waals surface area (Å²) in [4.78, 5) is 12.7. The molecule has 2 aromatic rings. The molecule has 0 spiro atoms. The first-order chi connectivity index (χ1) is 9.76. The molecule has 1 aliphatic rings. The smallest absolute Gasteiger partial charge is 0.257 e. The summed E-state index contributed by atoms with van der Waals surface area (Å²) in [6, 6.07) is 1.81. The lowest BCUT2D eigenvalue weighted by Gasteiger charge is -2.12. The standard InChI is InChI=1S/C12H18N8/c1-8(9-3-4-9)7-14-10-16-11(19-13)18-12(17-10)20-6-2-5-15-20/h2,5-6,8-9H,3-4,7,13H2,1H3,(H2,14,16,17,18,19). The lowest BCUT2D eigenvalue weighted by Crippen LogP contribution is -2.19. The monoisotopic (exact) mass is 274 g/mol. The fourth-order valence-electron chi connectivity index (χ4n) is 2.08. The number of nitrogen functional groups attached to an aromatic ring is 1. The Bertz CT molecular complexity index is 563. The van der Waals surface area contributed by atoms with E-state index >= 15 is 0 Å². The number of hydrogen-bond acceptors (Lipinski definition) is 7. The second-order valence-electron chi connectivity index (χ2n) is 5.07. The number of hydrazine groups is 1. The van der Waals surface area contributed by atoms with Crippen LogP contribution in [0.3, 0.4) is 0 Å². The Labute approximate surface area is 116 Å². The lowest BCUT2D eigenvalue weighted by atomic mass is 10.1. The van der Waals surface area contributed by atoms with Gasteiger partial charge in [-0.2, -0.15) is 20.1 Å². The highest BCUT2D eigenvalue weighted by atomic mass is 15.4. The predicted octanol–water partition coefficient (Wildman–Crippen LogP) is 0.801. The molecule has 1 atom stereocenters. The van der Waals surface area contributed by atoms with Crippen molar-refractivity contribution in [3.05, 3.63) is 18.5 Å². The van der Waals surface area contributed by atoms with Gasteiger partial charge in [-0.1, -0.05) is 6.92 Å². The maximum atomic E-state index is 5.39. The molecule has 20 heavy (non-hydrogen) atoms. The Hall–Kier alpha value is -2.22. The molecule has 1 saturated carbocycles. The normalized spacial score (nSPS) is 15.9. The topological polar surface area (TPSA) is 107 Å². The molecular weight excluding hydrogens is 256 g/mol. The molecule has 3 rings (SSSR count). The molecule has 2 heterocycles. The van der Waals surface area contributed by atoms with Gasteiger partial charge in [0.25, 0.3) is 5.95 Å². The van der Waals surface area contributed by atoms with E-state index in [2.05, 4.69) is 37.7 Å². The van der Waals surface area contributed by atoms with Gasteiger partial charge in [0.05, 0.1) is 0 Å². The molecule has 0 amide bonds. The lowest BCUT2D eigenvalue weighted by molar-refractivity contribution is 0.534. The van der Waals surface area contributed by atoms with Crippen LogP contribution in [0.5, 0.6) is 0 Å². The minimum atomic E-state index is 0.312. The number of anilines is 2. The number of nitrogens with one attached hydrogen (secondary N) is 2. The first-order valence-electron chi connectivity index (χ1n) is 6.73. The van der Waals surface area contributed by atoms with E-state index in [1.165, 1.54) is 12.8 Å². The summed E-state index contributed by atoms with van der Waals surface area (Å²) < 4.78 is 1.57. The zero-order chi connectivity index (χ0) is 13.9. The third-order valence-corrected chi connectivity index (χ3v) is 3.47. The molecule has 4 N–H and O–H groups in total. The summed E-state index contributed by atoms with van der Waals surface area (Å²) in [6.07, 6.45) is 6.09. The Kier molecular flexibility index (Phi) is 3.46. The fraction of sp³-hybridized carbons (Fsp3) is 0.500. The van der Waals surface area contributed by atoms with Gasteiger partial charge >= 0.3 is 0 Å². The maximum absolute atomic E-state index is 5.39. The first kappa shape index (κ1) is 12.8. The van der Waals surface area contributed by atoms with Crippen molar-refractivity contribution in [3.8, 4) is 5.95 Å². The predicted molar refractivity (Wildman–Crippen MR) is 75.1 cm³/mol. The van der Waals surface area contributed by atoms with Crippen LogP contribution in [0.2, 0.25) is 0 Å². The number of nitrogens with zero attached hydrogens (tertiary/aromatic N) is 5.